The number of para-hydroxylation sites is 1. The SMILES string of the molecule is COCC1C=CC=C(N(C(=O)c2ccccc2C(F)(F)F)c2ccccc2Cc2ccccc2)C1. The molecule has 1 amide bonds. The van der Waals surface area contributed by atoms with Crippen molar-refractivity contribution in [1.82, 2.24) is 0 Å². The van der Waals surface area contributed by atoms with Crippen LogP contribution in [0.3, 0.4) is 0 Å². The molecule has 6 heteroatoms. The molecule has 0 saturated carbocycles. The molecular formula is C29H26F3NO2. The number of benzene rings is 3. The zero-order valence-electron chi connectivity index (χ0n) is 19.3. The Labute approximate surface area is 203 Å². The molecule has 0 saturated heterocycles. The van der Waals surface area contributed by atoms with Crippen molar-refractivity contribution in [2.75, 3.05) is 18.6 Å². The number of carbonyl (C=O) groups is 1. The first kappa shape index (κ1) is 24.5. The molecule has 35 heavy (non-hydrogen) atoms. The summed E-state index contributed by atoms with van der Waals surface area (Å²) in [6, 6.07) is 22.1. The largest absolute Gasteiger partial charge is 0.417 e. The minimum Gasteiger partial charge on any atom is -0.384 e. The van der Waals surface area contributed by atoms with Crippen molar-refractivity contribution < 1.29 is 22.7 Å². The normalized spacial score (nSPS) is 15.5. The van der Waals surface area contributed by atoms with Crippen LogP contribution in [0.2, 0.25) is 0 Å². The number of allylic oxidation sites excluding steroid dienone is 3. The van der Waals surface area contributed by atoms with Gasteiger partial charge in [-0.2, -0.15) is 13.2 Å². The molecule has 1 aliphatic carbocycles. The van der Waals surface area contributed by atoms with E-state index in [0.29, 0.717) is 30.8 Å². The van der Waals surface area contributed by atoms with E-state index in [9.17, 15) is 18.0 Å². The lowest BCUT2D eigenvalue weighted by Gasteiger charge is -2.31. The summed E-state index contributed by atoms with van der Waals surface area (Å²) >= 11 is 0. The van der Waals surface area contributed by atoms with Crippen molar-refractivity contribution in [1.29, 1.82) is 0 Å². The Morgan fingerprint density at radius 2 is 1.66 bits per heavy atom. The minimum atomic E-state index is -4.65. The summed E-state index contributed by atoms with van der Waals surface area (Å²) in [5.74, 6) is -0.703. The third-order valence-electron chi connectivity index (χ3n) is 5.95. The predicted molar refractivity (Wildman–Crippen MR) is 131 cm³/mol. The van der Waals surface area contributed by atoms with Crippen LogP contribution in [0.4, 0.5) is 18.9 Å². The van der Waals surface area contributed by atoms with E-state index in [2.05, 4.69) is 0 Å². The Bertz CT molecular complexity index is 1230. The third kappa shape index (κ3) is 5.72. The average Bonchev–Trinajstić information content (AvgIpc) is 2.86. The number of rotatable bonds is 7. The maximum absolute atomic E-state index is 13.9. The number of halogens is 3. The Morgan fingerprint density at radius 3 is 2.40 bits per heavy atom. The van der Waals surface area contributed by atoms with Gasteiger partial charge in [-0.15, -0.1) is 0 Å². The molecular weight excluding hydrogens is 451 g/mol. The van der Waals surface area contributed by atoms with Gasteiger partial charge < -0.3 is 4.74 Å². The molecule has 0 spiro atoms. The van der Waals surface area contributed by atoms with E-state index < -0.39 is 17.6 Å². The number of nitrogens with zero attached hydrogens (tertiary/aromatic N) is 1. The highest BCUT2D eigenvalue weighted by Gasteiger charge is 2.37. The summed E-state index contributed by atoms with van der Waals surface area (Å²) in [4.78, 5) is 15.4. The number of anilines is 1. The van der Waals surface area contributed by atoms with Gasteiger partial charge in [0.1, 0.15) is 0 Å². The van der Waals surface area contributed by atoms with Crippen molar-refractivity contribution in [3.05, 3.63) is 125 Å². The van der Waals surface area contributed by atoms with E-state index in [0.717, 1.165) is 17.2 Å². The number of hydrogen-bond acceptors (Lipinski definition) is 2. The number of amides is 1. The van der Waals surface area contributed by atoms with Gasteiger partial charge >= 0.3 is 6.18 Å². The van der Waals surface area contributed by atoms with Gasteiger partial charge in [0.15, 0.2) is 0 Å². The molecule has 0 N–H and O–H groups in total. The number of hydrogen-bond donors (Lipinski definition) is 0. The fraction of sp³-hybridized carbons (Fsp3) is 0.207. The van der Waals surface area contributed by atoms with E-state index in [1.165, 1.54) is 23.1 Å². The first-order chi connectivity index (χ1) is 16.9. The van der Waals surface area contributed by atoms with Crippen LogP contribution < -0.4 is 4.90 Å². The predicted octanol–water partition coefficient (Wildman–Crippen LogP) is 7.05. The molecule has 1 unspecified atom stereocenters. The summed E-state index contributed by atoms with van der Waals surface area (Å²) in [5, 5.41) is 0. The van der Waals surface area contributed by atoms with Crippen LogP contribution in [-0.2, 0) is 17.3 Å². The standard InChI is InChI=1S/C29H26F3NO2/c1-35-20-22-12-9-14-24(19-22)33(28(34)25-15-6-7-16-26(25)29(30,31)32)27-17-8-5-13-23(27)18-21-10-3-2-4-11-21/h2-17,22H,18-20H2,1H3. The van der Waals surface area contributed by atoms with Gasteiger partial charge in [-0.05, 0) is 48.2 Å². The van der Waals surface area contributed by atoms with Crippen molar-refractivity contribution >= 4 is 11.6 Å². The van der Waals surface area contributed by atoms with Crippen LogP contribution >= 0.6 is 0 Å². The van der Waals surface area contributed by atoms with Gasteiger partial charge in [0.05, 0.1) is 23.4 Å². The quantitative estimate of drug-likeness (QED) is 0.365. The smallest absolute Gasteiger partial charge is 0.384 e. The summed E-state index contributed by atoms with van der Waals surface area (Å²) in [5.41, 5.74) is 1.74. The molecule has 180 valence electrons. The topological polar surface area (TPSA) is 29.5 Å². The highest BCUT2D eigenvalue weighted by atomic mass is 19.4. The first-order valence-electron chi connectivity index (χ1n) is 11.4. The Balaban J connectivity index is 1.83. The van der Waals surface area contributed by atoms with Crippen LogP contribution in [0.15, 0.2) is 103 Å². The molecule has 0 fully saturated rings. The summed E-state index contributed by atoms with van der Waals surface area (Å²) in [6.07, 6.45) is 1.95. The lowest BCUT2D eigenvalue weighted by atomic mass is 9.95. The molecule has 3 aromatic carbocycles. The first-order valence-corrected chi connectivity index (χ1v) is 11.4. The number of methoxy groups -OCH3 is 1. The second-order valence-electron chi connectivity index (χ2n) is 8.44. The molecule has 0 radical (unpaired) electrons. The zero-order valence-corrected chi connectivity index (χ0v) is 19.3. The van der Waals surface area contributed by atoms with E-state index in [4.69, 9.17) is 4.74 Å². The van der Waals surface area contributed by atoms with Crippen molar-refractivity contribution in [3.8, 4) is 0 Å². The van der Waals surface area contributed by atoms with Crippen LogP contribution in [0.5, 0.6) is 0 Å². The number of ether oxygens (including phenoxy) is 1. The van der Waals surface area contributed by atoms with Crippen molar-refractivity contribution in [2.24, 2.45) is 5.92 Å². The van der Waals surface area contributed by atoms with Gasteiger partial charge in [-0.1, -0.05) is 72.8 Å². The Hall–Kier alpha value is -3.64. The van der Waals surface area contributed by atoms with Crippen molar-refractivity contribution in [3.63, 3.8) is 0 Å². The summed E-state index contributed by atoms with van der Waals surface area (Å²) in [7, 11) is 1.60. The lowest BCUT2D eigenvalue weighted by molar-refractivity contribution is -0.137. The molecule has 3 aromatic rings. The number of carbonyl (C=O) groups excluding carboxylic acids is 1. The van der Waals surface area contributed by atoms with E-state index >= 15 is 0 Å². The summed E-state index contributed by atoms with van der Waals surface area (Å²) in [6.45, 7) is 0.445. The highest BCUT2D eigenvalue weighted by Crippen LogP contribution is 2.36. The molecule has 0 aromatic heterocycles. The molecule has 3 nitrogen and oxygen atoms in total. The summed E-state index contributed by atoms with van der Waals surface area (Å²) < 4.78 is 46.8. The van der Waals surface area contributed by atoms with Crippen molar-refractivity contribution in [2.45, 2.75) is 19.0 Å². The van der Waals surface area contributed by atoms with Crippen LogP contribution in [0, 0.1) is 5.92 Å². The van der Waals surface area contributed by atoms with Gasteiger partial charge in [-0.3, -0.25) is 9.69 Å². The van der Waals surface area contributed by atoms with Gasteiger partial charge in [0.2, 0.25) is 0 Å². The van der Waals surface area contributed by atoms with Gasteiger partial charge in [-0.25, -0.2) is 0 Å². The molecule has 1 aliphatic rings. The average molecular weight is 478 g/mol. The maximum atomic E-state index is 13.9. The van der Waals surface area contributed by atoms with Gasteiger partial charge in [0.25, 0.3) is 5.91 Å². The molecule has 0 aliphatic heterocycles. The fourth-order valence-corrected chi connectivity index (χ4v) is 4.35. The van der Waals surface area contributed by atoms with E-state index in [1.807, 2.05) is 54.6 Å². The minimum absolute atomic E-state index is 0.00875. The number of alkyl halides is 3. The van der Waals surface area contributed by atoms with E-state index in [-0.39, 0.29) is 11.5 Å². The van der Waals surface area contributed by atoms with Crippen LogP contribution in [-0.4, -0.2) is 19.6 Å². The Kier molecular flexibility index (Phi) is 7.51. The van der Waals surface area contributed by atoms with Gasteiger partial charge in [0, 0.05) is 18.7 Å². The molecule has 1 atom stereocenters. The maximum Gasteiger partial charge on any atom is 0.417 e. The fourth-order valence-electron chi connectivity index (χ4n) is 4.35. The molecule has 4 rings (SSSR count). The second kappa shape index (κ2) is 10.7. The van der Waals surface area contributed by atoms with Crippen LogP contribution in [0.1, 0.15) is 33.5 Å². The van der Waals surface area contributed by atoms with E-state index in [1.54, 1.807) is 25.3 Å². The lowest BCUT2D eigenvalue weighted by Crippen LogP contribution is -2.34. The second-order valence-corrected chi connectivity index (χ2v) is 8.44. The molecule has 0 heterocycles. The third-order valence-corrected chi connectivity index (χ3v) is 5.95. The monoisotopic (exact) mass is 477 g/mol. The Morgan fingerprint density at radius 1 is 0.971 bits per heavy atom. The highest BCUT2D eigenvalue weighted by molar-refractivity contribution is 6.09. The zero-order chi connectivity index (χ0) is 24.8. The van der Waals surface area contributed by atoms with Crippen LogP contribution in [0.25, 0.3) is 0 Å². The molecule has 0 bridgehead atoms.